The predicted molar refractivity (Wildman–Crippen MR) is 133 cm³/mol. The average molecular weight is 467 g/mol. The number of hydrogen-bond acceptors (Lipinski definition) is 5. The van der Waals surface area contributed by atoms with E-state index in [9.17, 15) is 4.79 Å². The Labute approximate surface area is 196 Å². The van der Waals surface area contributed by atoms with Gasteiger partial charge in [0.2, 0.25) is 0 Å². The second-order valence-electron chi connectivity index (χ2n) is 7.62. The smallest absolute Gasteiger partial charge is 0.255 e. The Morgan fingerprint density at radius 1 is 1.13 bits per heavy atom. The van der Waals surface area contributed by atoms with Crippen molar-refractivity contribution in [3.05, 3.63) is 47.0 Å². The first kappa shape index (κ1) is 25.0. The quantitative estimate of drug-likeness (QED) is 0.644. The number of hydrogen-bond donors (Lipinski definition) is 1. The zero-order chi connectivity index (χ0) is 21.7. The Morgan fingerprint density at radius 3 is 2.42 bits per heavy atom. The number of halogens is 2. The molecule has 2 aromatic rings. The van der Waals surface area contributed by atoms with Crippen LogP contribution < -0.4 is 19.9 Å². The summed E-state index contributed by atoms with van der Waals surface area (Å²) >= 11 is 6.23. The first-order valence-corrected chi connectivity index (χ1v) is 10.8. The lowest BCUT2D eigenvalue weighted by atomic mass is 10.1. The van der Waals surface area contributed by atoms with Crippen LogP contribution in [0.25, 0.3) is 0 Å². The molecule has 0 aromatic heterocycles. The van der Waals surface area contributed by atoms with E-state index in [1.807, 2.05) is 30.3 Å². The molecule has 0 bridgehead atoms. The summed E-state index contributed by atoms with van der Waals surface area (Å²) in [5, 5.41) is 4.20. The largest absolute Gasteiger partial charge is 0.495 e. The topological polar surface area (TPSA) is 48.1 Å². The Morgan fingerprint density at radius 2 is 1.81 bits per heavy atom. The van der Waals surface area contributed by atoms with E-state index in [1.54, 1.807) is 26.1 Å². The van der Waals surface area contributed by atoms with Crippen LogP contribution in [-0.4, -0.2) is 64.7 Å². The lowest BCUT2D eigenvalue weighted by Gasteiger charge is -2.39. The number of nitrogens with one attached hydrogen (secondary N) is 1. The molecule has 1 fully saturated rings. The molecule has 3 rings (SSSR count). The van der Waals surface area contributed by atoms with E-state index >= 15 is 0 Å². The monoisotopic (exact) mass is 466 g/mol. The summed E-state index contributed by atoms with van der Waals surface area (Å²) in [6.45, 7) is 6.23. The number of piperazine rings is 1. The van der Waals surface area contributed by atoms with Crippen LogP contribution >= 0.6 is 24.0 Å². The van der Waals surface area contributed by atoms with Gasteiger partial charge in [-0.15, -0.1) is 12.4 Å². The molecule has 1 heterocycles. The number of amides is 1. The highest BCUT2D eigenvalue weighted by Crippen LogP contribution is 2.35. The fourth-order valence-electron chi connectivity index (χ4n) is 3.78. The zero-order valence-corrected chi connectivity index (χ0v) is 20.2. The normalized spacial score (nSPS) is 13.5. The third-order valence-electron chi connectivity index (χ3n) is 5.32. The molecule has 0 atom stereocenters. The molecule has 31 heavy (non-hydrogen) atoms. The molecular weight excluding hydrogens is 435 g/mol. The Bertz CT molecular complexity index is 884. The van der Waals surface area contributed by atoms with Crippen LogP contribution in [0.1, 0.15) is 23.7 Å². The van der Waals surface area contributed by atoms with Crippen molar-refractivity contribution >= 4 is 47.0 Å². The molecule has 1 amide bonds. The van der Waals surface area contributed by atoms with Crippen molar-refractivity contribution in [2.75, 3.05) is 69.0 Å². The van der Waals surface area contributed by atoms with E-state index in [2.05, 4.69) is 28.1 Å². The number of methoxy groups -OCH3 is 1. The molecule has 1 N–H and O–H groups in total. The van der Waals surface area contributed by atoms with Gasteiger partial charge in [-0.1, -0.05) is 24.6 Å². The van der Waals surface area contributed by atoms with Crippen molar-refractivity contribution in [2.24, 2.45) is 0 Å². The van der Waals surface area contributed by atoms with Crippen molar-refractivity contribution < 1.29 is 9.53 Å². The van der Waals surface area contributed by atoms with Crippen LogP contribution in [0.3, 0.4) is 0 Å². The van der Waals surface area contributed by atoms with Gasteiger partial charge in [-0.25, -0.2) is 0 Å². The summed E-state index contributed by atoms with van der Waals surface area (Å²) in [7, 11) is 5.26. The van der Waals surface area contributed by atoms with E-state index in [1.165, 1.54) is 0 Å². The first-order valence-electron chi connectivity index (χ1n) is 10.4. The molecule has 6 nitrogen and oxygen atoms in total. The fraction of sp³-hybridized carbons (Fsp3) is 0.435. The van der Waals surface area contributed by atoms with Gasteiger partial charge in [0.1, 0.15) is 5.75 Å². The standard InChI is InChI=1S/C23H31ClN4O2.ClH/c1-5-11-25-19-8-6-7-18(23(29)26(2)3)22(19)28-14-12-27(13-15-28)20-16-17(24)9-10-21(20)30-4;/h6-10,16,25H,5,11-15H2,1-4H3;1H. The molecule has 2 aromatic carbocycles. The molecule has 1 aliphatic heterocycles. The van der Waals surface area contributed by atoms with Gasteiger partial charge in [0.05, 0.1) is 29.7 Å². The maximum atomic E-state index is 12.9. The van der Waals surface area contributed by atoms with Crippen LogP contribution in [0, 0.1) is 0 Å². The maximum Gasteiger partial charge on any atom is 0.255 e. The summed E-state index contributed by atoms with van der Waals surface area (Å²) in [4.78, 5) is 19.1. The molecule has 0 unspecified atom stereocenters. The van der Waals surface area contributed by atoms with E-state index in [4.69, 9.17) is 16.3 Å². The van der Waals surface area contributed by atoms with Gasteiger partial charge >= 0.3 is 0 Å². The van der Waals surface area contributed by atoms with Crippen molar-refractivity contribution in [3.63, 3.8) is 0 Å². The summed E-state index contributed by atoms with van der Waals surface area (Å²) in [5.74, 6) is 0.838. The third kappa shape index (κ3) is 5.69. The van der Waals surface area contributed by atoms with Crippen LogP contribution in [0.15, 0.2) is 36.4 Å². The number of para-hydroxylation sites is 1. The van der Waals surface area contributed by atoms with Crippen molar-refractivity contribution in [3.8, 4) is 5.75 Å². The van der Waals surface area contributed by atoms with Gasteiger partial charge < -0.3 is 24.8 Å². The minimum absolute atomic E-state index is 0. The second kappa shape index (κ2) is 11.3. The lowest BCUT2D eigenvalue weighted by molar-refractivity contribution is 0.0828. The van der Waals surface area contributed by atoms with Crippen LogP contribution in [0.4, 0.5) is 17.1 Å². The van der Waals surface area contributed by atoms with Gasteiger partial charge in [-0.05, 0) is 36.8 Å². The number of nitrogens with zero attached hydrogens (tertiary/aromatic N) is 3. The summed E-state index contributed by atoms with van der Waals surface area (Å²) in [6.07, 6.45) is 1.02. The molecular formula is C23H32Cl2N4O2. The number of benzene rings is 2. The van der Waals surface area contributed by atoms with Crippen molar-refractivity contribution in [1.82, 2.24) is 4.90 Å². The number of carbonyl (C=O) groups is 1. The van der Waals surface area contributed by atoms with Gasteiger partial charge in [-0.3, -0.25) is 4.79 Å². The Hall–Kier alpha value is -2.31. The summed E-state index contributed by atoms with van der Waals surface area (Å²) in [6, 6.07) is 11.6. The lowest BCUT2D eigenvalue weighted by Crippen LogP contribution is -2.47. The molecule has 170 valence electrons. The zero-order valence-electron chi connectivity index (χ0n) is 18.7. The second-order valence-corrected chi connectivity index (χ2v) is 8.05. The number of rotatable bonds is 7. The van der Waals surface area contributed by atoms with Gasteiger partial charge in [0, 0.05) is 51.8 Å². The highest BCUT2D eigenvalue weighted by atomic mass is 35.5. The molecule has 8 heteroatoms. The highest BCUT2D eigenvalue weighted by Gasteiger charge is 2.26. The average Bonchev–Trinajstić information content (AvgIpc) is 2.77. The van der Waals surface area contributed by atoms with Gasteiger partial charge in [-0.2, -0.15) is 0 Å². The fourth-order valence-corrected chi connectivity index (χ4v) is 3.95. The van der Waals surface area contributed by atoms with E-state index in [0.717, 1.165) is 67.5 Å². The molecule has 0 aliphatic carbocycles. The molecule has 0 radical (unpaired) electrons. The van der Waals surface area contributed by atoms with Crippen molar-refractivity contribution in [2.45, 2.75) is 13.3 Å². The SMILES string of the molecule is CCCNc1cccc(C(=O)N(C)C)c1N1CCN(c2cc(Cl)ccc2OC)CC1.Cl. The Balaban J connectivity index is 0.00000341. The Kier molecular flexibility index (Phi) is 9.14. The van der Waals surface area contributed by atoms with Gasteiger partial charge in [0.15, 0.2) is 0 Å². The summed E-state index contributed by atoms with van der Waals surface area (Å²) < 4.78 is 5.53. The summed E-state index contributed by atoms with van der Waals surface area (Å²) in [5.41, 5.74) is 3.74. The van der Waals surface area contributed by atoms with E-state index < -0.39 is 0 Å². The van der Waals surface area contributed by atoms with Crippen LogP contribution in [0.5, 0.6) is 5.75 Å². The van der Waals surface area contributed by atoms with Crippen LogP contribution in [-0.2, 0) is 0 Å². The molecule has 0 spiro atoms. The third-order valence-corrected chi connectivity index (χ3v) is 5.55. The van der Waals surface area contributed by atoms with Gasteiger partial charge in [0.25, 0.3) is 5.91 Å². The van der Waals surface area contributed by atoms with Crippen molar-refractivity contribution in [1.29, 1.82) is 0 Å². The minimum Gasteiger partial charge on any atom is -0.495 e. The number of anilines is 3. The number of carbonyl (C=O) groups excluding carboxylic acids is 1. The van der Waals surface area contributed by atoms with E-state index in [-0.39, 0.29) is 18.3 Å². The highest BCUT2D eigenvalue weighted by molar-refractivity contribution is 6.31. The maximum absolute atomic E-state index is 12.9. The predicted octanol–water partition coefficient (Wildman–Crippen LogP) is 4.62. The molecule has 1 saturated heterocycles. The van der Waals surface area contributed by atoms with E-state index in [0.29, 0.717) is 5.02 Å². The van der Waals surface area contributed by atoms with Crippen LogP contribution in [0.2, 0.25) is 5.02 Å². The minimum atomic E-state index is 0. The first-order chi connectivity index (χ1) is 14.5. The molecule has 1 aliphatic rings. The number of ether oxygens (including phenoxy) is 1. The molecule has 0 saturated carbocycles.